The maximum absolute atomic E-state index is 9.43. The van der Waals surface area contributed by atoms with Crippen molar-refractivity contribution in [1.82, 2.24) is 0 Å². The van der Waals surface area contributed by atoms with Crippen LogP contribution < -0.4 is 0 Å². The average Bonchev–Trinajstić information content (AvgIpc) is 2.36. The van der Waals surface area contributed by atoms with E-state index in [1.54, 1.807) is 0 Å². The van der Waals surface area contributed by atoms with Crippen molar-refractivity contribution in [3.63, 3.8) is 0 Å². The van der Waals surface area contributed by atoms with Crippen molar-refractivity contribution in [3.8, 4) is 0 Å². The standard InChI is InChI=1S/C12H25.C3H4O4.Li.Na.H/c1-3-5-7-9-11-12-10-8-6-4-2;4-2(5)1-3(6)7;;;/h1,3-12H2,2H3;1H2,(H,4,5)(H,6,7);;;. The van der Waals surface area contributed by atoms with Gasteiger partial charge in [-0.15, -0.1) is 0 Å². The van der Waals surface area contributed by atoms with E-state index in [4.69, 9.17) is 10.2 Å². The van der Waals surface area contributed by atoms with Gasteiger partial charge in [0, 0.05) is 0 Å². The van der Waals surface area contributed by atoms with Crippen LogP contribution in [0.25, 0.3) is 0 Å². The summed E-state index contributed by atoms with van der Waals surface area (Å²) in [6.45, 7) is 2.28. The van der Waals surface area contributed by atoms with Crippen LogP contribution in [0.1, 0.15) is 77.6 Å². The van der Waals surface area contributed by atoms with Crippen molar-refractivity contribution in [2.75, 3.05) is 0 Å². The van der Waals surface area contributed by atoms with E-state index in [0.717, 1.165) is 0 Å². The van der Waals surface area contributed by atoms with Crippen molar-refractivity contribution in [2.45, 2.75) is 82.6 Å². The molecule has 6 heteroatoms. The molecule has 0 aromatic carbocycles. The first-order valence-electron chi connectivity index (χ1n) is 7.98. The van der Waals surface area contributed by atoms with E-state index in [1.807, 2.05) is 0 Å². The zero-order chi connectivity index (χ0) is 15.6. The van der Waals surface area contributed by atoms with E-state index in [2.05, 4.69) is 24.6 Å². The third-order valence-electron chi connectivity index (χ3n) is 3.01. The Morgan fingerprint density at radius 2 is 1.10 bits per heavy atom. The number of aliphatic carboxylic acids is 2. The first kappa shape index (κ1) is 26.4. The average molecular weight is 304 g/mol. The van der Waals surface area contributed by atoms with Crippen molar-refractivity contribution >= 4 is 59.2 Å². The van der Waals surface area contributed by atoms with Crippen LogP contribution in [0.2, 0.25) is 5.09 Å². The van der Waals surface area contributed by atoms with Crippen molar-refractivity contribution in [1.29, 1.82) is 0 Å². The molecule has 0 aliphatic heterocycles. The van der Waals surface area contributed by atoms with Gasteiger partial charge in [0.2, 0.25) is 0 Å². The molecule has 21 heavy (non-hydrogen) atoms. The second-order valence-electron chi connectivity index (χ2n) is 5.15. The zero-order valence-corrected chi connectivity index (χ0v) is 13.2. The number of hydrogen-bond donors (Lipinski definition) is 2. The van der Waals surface area contributed by atoms with Crippen LogP contribution >= 0.6 is 0 Å². The molecule has 0 spiro atoms. The molecule has 0 fully saturated rings. The Hall–Kier alpha value is 0.537. The summed E-state index contributed by atoms with van der Waals surface area (Å²) in [7, 11) is 0. The Balaban J connectivity index is -0.000000347. The number of rotatable bonds is 12. The molecule has 0 heterocycles. The Morgan fingerprint density at radius 3 is 1.33 bits per heavy atom. The molecule has 0 atom stereocenters. The molecule has 0 aliphatic carbocycles. The molecule has 116 valence electrons. The summed E-state index contributed by atoms with van der Waals surface area (Å²) in [5.74, 6) is -2.62. The minimum absolute atomic E-state index is 0. The number of carboxylic acid groups (broad SMARTS) is 2. The second kappa shape index (κ2) is 22.8. The van der Waals surface area contributed by atoms with Crippen molar-refractivity contribution < 1.29 is 19.8 Å². The van der Waals surface area contributed by atoms with Crippen LogP contribution in [0.4, 0.5) is 0 Å². The molecule has 0 radical (unpaired) electrons. The predicted octanol–water partition coefficient (Wildman–Crippen LogP) is 3.39. The Labute approximate surface area is 161 Å². The molecule has 2 N–H and O–H groups in total. The van der Waals surface area contributed by atoms with Gasteiger partial charge in [0.1, 0.15) is 6.42 Å². The van der Waals surface area contributed by atoms with Gasteiger partial charge in [-0.25, -0.2) is 0 Å². The summed E-state index contributed by atoms with van der Waals surface area (Å²) in [6.07, 6.45) is 13.8. The summed E-state index contributed by atoms with van der Waals surface area (Å²) in [5, 5.41) is 16.8. The normalized spacial score (nSPS) is 9.29. The van der Waals surface area contributed by atoms with Crippen LogP contribution in [-0.4, -0.2) is 69.4 Å². The molecule has 0 aromatic rings. The van der Waals surface area contributed by atoms with Gasteiger partial charge >= 0.3 is 135 Å². The third-order valence-corrected chi connectivity index (χ3v) is 3.01. The molecule has 0 aliphatic rings. The van der Waals surface area contributed by atoms with Gasteiger partial charge in [0.05, 0.1) is 0 Å². The predicted molar refractivity (Wildman–Crippen MR) is 89.4 cm³/mol. The summed E-state index contributed by atoms with van der Waals surface area (Å²) in [5.41, 5.74) is 0. The van der Waals surface area contributed by atoms with Crippen LogP contribution in [-0.2, 0) is 9.59 Å². The van der Waals surface area contributed by atoms with Crippen LogP contribution in [0.3, 0.4) is 0 Å². The van der Waals surface area contributed by atoms with Gasteiger partial charge in [-0.1, -0.05) is 0 Å². The van der Waals surface area contributed by atoms with E-state index in [1.165, 1.54) is 69.3 Å². The van der Waals surface area contributed by atoms with Gasteiger partial charge in [-0.2, -0.15) is 0 Å². The molecule has 4 nitrogen and oxygen atoms in total. The van der Waals surface area contributed by atoms with Gasteiger partial charge in [0.15, 0.2) is 0 Å². The number of carboxylic acids is 2. The fourth-order valence-electron chi connectivity index (χ4n) is 1.87. The summed E-state index contributed by atoms with van der Waals surface area (Å²) in [4.78, 5) is 18.9. The molecular formula is C15H30LiNaO4. The Morgan fingerprint density at radius 1 is 0.762 bits per heavy atom. The SMILES string of the molecule is O=C(O)CC(=O)O.[Li][CH2]CCCCCCCCCCC.[NaH]. The van der Waals surface area contributed by atoms with Gasteiger partial charge in [-0.05, 0) is 0 Å². The fourth-order valence-corrected chi connectivity index (χ4v) is 1.87. The molecule has 0 rings (SSSR count). The first-order valence-corrected chi connectivity index (χ1v) is 7.98. The molecule has 0 bridgehead atoms. The summed E-state index contributed by atoms with van der Waals surface area (Å²) >= 11 is 2.28. The van der Waals surface area contributed by atoms with E-state index in [-0.39, 0.29) is 29.6 Å². The second-order valence-corrected chi connectivity index (χ2v) is 5.15. The number of hydrogen-bond acceptors (Lipinski definition) is 2. The molecule has 0 saturated carbocycles. The Bertz CT molecular complexity index is 216. The van der Waals surface area contributed by atoms with E-state index >= 15 is 0 Å². The fraction of sp³-hybridized carbons (Fsp3) is 0.867. The molecular weight excluding hydrogens is 274 g/mol. The molecule has 0 unspecified atom stereocenters. The zero-order valence-electron chi connectivity index (χ0n) is 13.2. The van der Waals surface area contributed by atoms with Crippen molar-refractivity contribution in [3.05, 3.63) is 0 Å². The van der Waals surface area contributed by atoms with Gasteiger partial charge in [-0.3, -0.25) is 9.59 Å². The minimum atomic E-state index is -1.31. The number of carbonyl (C=O) groups is 2. The Kier molecular flexibility index (Phi) is 28.7. The summed E-state index contributed by atoms with van der Waals surface area (Å²) < 4.78 is 0. The van der Waals surface area contributed by atoms with E-state index in [0.29, 0.717) is 0 Å². The summed E-state index contributed by atoms with van der Waals surface area (Å²) in [6, 6.07) is 0. The third kappa shape index (κ3) is 33.4. The van der Waals surface area contributed by atoms with Crippen LogP contribution in [0.5, 0.6) is 0 Å². The van der Waals surface area contributed by atoms with Gasteiger partial charge in [0.25, 0.3) is 0 Å². The quantitative estimate of drug-likeness (QED) is 0.329. The topological polar surface area (TPSA) is 74.6 Å². The van der Waals surface area contributed by atoms with Crippen molar-refractivity contribution in [2.24, 2.45) is 0 Å². The molecule has 0 saturated heterocycles. The van der Waals surface area contributed by atoms with Crippen LogP contribution in [0.15, 0.2) is 0 Å². The molecule has 0 aromatic heterocycles. The number of unbranched alkanes of at least 4 members (excludes halogenated alkanes) is 9. The monoisotopic (exact) mass is 304 g/mol. The first-order chi connectivity index (χ1) is 9.54. The van der Waals surface area contributed by atoms with Gasteiger partial charge < -0.3 is 10.2 Å². The molecule has 0 amide bonds. The van der Waals surface area contributed by atoms with Crippen LogP contribution in [0, 0.1) is 0 Å². The van der Waals surface area contributed by atoms with E-state index in [9.17, 15) is 9.59 Å². The van der Waals surface area contributed by atoms with E-state index < -0.39 is 18.4 Å². The maximum atomic E-state index is 9.43.